The van der Waals surface area contributed by atoms with Crippen LogP contribution in [0.4, 0.5) is 0 Å². The fraction of sp³-hybridized carbons (Fsp3) is 0.727. The van der Waals surface area contributed by atoms with Crippen LogP contribution in [-0.4, -0.2) is 54.2 Å². The molecule has 1 aromatic heterocycles. The molecular formula is C22H40IN5O. The van der Waals surface area contributed by atoms with Crippen molar-refractivity contribution in [1.29, 1.82) is 0 Å². The topological polar surface area (TPSA) is 61.7 Å². The van der Waals surface area contributed by atoms with E-state index in [9.17, 15) is 4.79 Å². The third kappa shape index (κ3) is 9.07. The summed E-state index contributed by atoms with van der Waals surface area (Å²) < 4.78 is 1.84. The Balaban J connectivity index is 0.00000420. The molecule has 2 heterocycles. The number of aliphatic imine (C=N–C) groups is 1. The van der Waals surface area contributed by atoms with E-state index >= 15 is 0 Å². The van der Waals surface area contributed by atoms with Crippen LogP contribution in [-0.2, 0) is 6.54 Å². The summed E-state index contributed by atoms with van der Waals surface area (Å²) in [5.41, 5.74) is 1.11. The highest BCUT2D eigenvalue weighted by molar-refractivity contribution is 14.0. The van der Waals surface area contributed by atoms with E-state index < -0.39 is 0 Å². The predicted octanol–water partition coefficient (Wildman–Crippen LogP) is 3.37. The SMILES string of the molecule is CCNC(=NCCCCn1c(C)cccc1=O)NCCN1CCCCC1CC.I. The monoisotopic (exact) mass is 517 g/mol. The molecule has 29 heavy (non-hydrogen) atoms. The van der Waals surface area contributed by atoms with Crippen molar-refractivity contribution in [2.24, 2.45) is 4.99 Å². The Hall–Kier alpha value is -1.09. The van der Waals surface area contributed by atoms with Gasteiger partial charge in [0, 0.05) is 50.5 Å². The summed E-state index contributed by atoms with van der Waals surface area (Å²) in [6, 6.07) is 6.18. The minimum absolute atomic E-state index is 0. The number of likely N-dealkylation sites (tertiary alicyclic amines) is 1. The van der Waals surface area contributed by atoms with Crippen molar-refractivity contribution >= 4 is 29.9 Å². The second-order valence-corrected chi connectivity index (χ2v) is 7.65. The van der Waals surface area contributed by atoms with Crippen LogP contribution in [0.2, 0.25) is 0 Å². The number of nitrogens with one attached hydrogen (secondary N) is 2. The highest BCUT2D eigenvalue weighted by Crippen LogP contribution is 2.18. The molecule has 1 unspecified atom stereocenters. The summed E-state index contributed by atoms with van der Waals surface area (Å²) >= 11 is 0. The molecule has 6 nitrogen and oxygen atoms in total. The highest BCUT2D eigenvalue weighted by atomic mass is 127. The number of hydrogen-bond acceptors (Lipinski definition) is 3. The molecule has 1 fully saturated rings. The minimum atomic E-state index is 0. The molecule has 1 aliphatic rings. The van der Waals surface area contributed by atoms with Crippen LogP contribution < -0.4 is 16.2 Å². The van der Waals surface area contributed by atoms with Gasteiger partial charge in [-0.05, 0) is 58.6 Å². The Kier molecular flexibility index (Phi) is 13.3. The van der Waals surface area contributed by atoms with Crippen LogP contribution in [0.5, 0.6) is 0 Å². The maximum atomic E-state index is 11.9. The summed E-state index contributed by atoms with van der Waals surface area (Å²) in [5.74, 6) is 0.903. The Morgan fingerprint density at radius 1 is 1.17 bits per heavy atom. The van der Waals surface area contributed by atoms with E-state index in [1.54, 1.807) is 6.07 Å². The van der Waals surface area contributed by atoms with Gasteiger partial charge < -0.3 is 15.2 Å². The molecule has 1 atom stereocenters. The maximum absolute atomic E-state index is 11.9. The number of piperidine rings is 1. The van der Waals surface area contributed by atoms with Crippen molar-refractivity contribution < 1.29 is 0 Å². The zero-order valence-electron chi connectivity index (χ0n) is 18.5. The van der Waals surface area contributed by atoms with Crippen molar-refractivity contribution in [3.8, 4) is 0 Å². The van der Waals surface area contributed by atoms with E-state index in [0.29, 0.717) is 0 Å². The van der Waals surface area contributed by atoms with Gasteiger partial charge in [-0.3, -0.25) is 14.7 Å². The number of guanidine groups is 1. The van der Waals surface area contributed by atoms with E-state index in [1.807, 2.05) is 23.6 Å². The zero-order valence-corrected chi connectivity index (χ0v) is 20.8. The second-order valence-electron chi connectivity index (χ2n) is 7.65. The predicted molar refractivity (Wildman–Crippen MR) is 134 cm³/mol. The molecule has 166 valence electrons. The number of hydrogen-bond donors (Lipinski definition) is 2. The van der Waals surface area contributed by atoms with E-state index in [-0.39, 0.29) is 29.5 Å². The van der Waals surface area contributed by atoms with Crippen LogP contribution >= 0.6 is 24.0 Å². The summed E-state index contributed by atoms with van der Waals surface area (Å²) in [6.07, 6.45) is 7.23. The van der Waals surface area contributed by atoms with E-state index in [1.165, 1.54) is 32.2 Å². The number of pyridine rings is 1. The summed E-state index contributed by atoms with van der Waals surface area (Å²) in [4.78, 5) is 19.2. The van der Waals surface area contributed by atoms with E-state index in [0.717, 1.165) is 63.3 Å². The first-order chi connectivity index (χ1) is 13.7. The normalized spacial score (nSPS) is 17.6. The molecule has 1 aliphatic heterocycles. The average Bonchev–Trinajstić information content (AvgIpc) is 2.70. The van der Waals surface area contributed by atoms with Gasteiger partial charge in [-0.2, -0.15) is 0 Å². The number of aromatic nitrogens is 1. The summed E-state index contributed by atoms with van der Waals surface area (Å²) in [7, 11) is 0. The number of unbranched alkanes of at least 4 members (excludes halogenated alkanes) is 1. The lowest BCUT2D eigenvalue weighted by atomic mass is 10.0. The lowest BCUT2D eigenvalue weighted by molar-refractivity contribution is 0.147. The number of nitrogens with zero attached hydrogens (tertiary/aromatic N) is 3. The van der Waals surface area contributed by atoms with Gasteiger partial charge in [0.1, 0.15) is 0 Å². The Bertz CT molecular complexity index is 661. The van der Waals surface area contributed by atoms with Crippen molar-refractivity contribution in [2.75, 3.05) is 32.7 Å². The third-order valence-electron chi connectivity index (χ3n) is 5.58. The molecule has 0 aliphatic carbocycles. The molecule has 0 aromatic carbocycles. The van der Waals surface area contributed by atoms with Gasteiger partial charge >= 0.3 is 0 Å². The van der Waals surface area contributed by atoms with Gasteiger partial charge in [0.05, 0.1) is 0 Å². The van der Waals surface area contributed by atoms with Crippen LogP contribution in [0.1, 0.15) is 58.1 Å². The smallest absolute Gasteiger partial charge is 0.250 e. The number of rotatable bonds is 10. The molecule has 0 radical (unpaired) electrons. The molecule has 7 heteroatoms. The van der Waals surface area contributed by atoms with Crippen molar-refractivity contribution in [3.63, 3.8) is 0 Å². The Morgan fingerprint density at radius 2 is 2.00 bits per heavy atom. The first-order valence-electron chi connectivity index (χ1n) is 11.1. The molecule has 0 bridgehead atoms. The van der Waals surface area contributed by atoms with Gasteiger partial charge in [0.25, 0.3) is 5.56 Å². The lowest BCUT2D eigenvalue weighted by Gasteiger charge is -2.35. The van der Waals surface area contributed by atoms with Crippen LogP contribution in [0.25, 0.3) is 0 Å². The number of aryl methyl sites for hydroxylation is 1. The molecule has 0 spiro atoms. The third-order valence-corrected chi connectivity index (χ3v) is 5.58. The van der Waals surface area contributed by atoms with E-state index in [4.69, 9.17) is 4.99 Å². The van der Waals surface area contributed by atoms with Gasteiger partial charge in [-0.15, -0.1) is 24.0 Å². The van der Waals surface area contributed by atoms with Crippen LogP contribution in [0.3, 0.4) is 0 Å². The lowest BCUT2D eigenvalue weighted by Crippen LogP contribution is -2.46. The molecule has 1 aromatic rings. The fourth-order valence-electron chi connectivity index (χ4n) is 3.96. The standard InChI is InChI=1S/C22H39N5O.HI/c1-4-20-12-6-8-16-26(20)18-15-25-22(23-5-2)24-14-7-9-17-27-19(3)11-10-13-21(27)28;/h10-11,13,20H,4-9,12,14-18H2,1-3H3,(H2,23,24,25);1H. The average molecular weight is 518 g/mol. The Morgan fingerprint density at radius 3 is 2.72 bits per heavy atom. The second kappa shape index (κ2) is 14.8. The van der Waals surface area contributed by atoms with Gasteiger partial charge in [-0.1, -0.05) is 19.4 Å². The van der Waals surface area contributed by atoms with Gasteiger partial charge in [0.15, 0.2) is 5.96 Å². The summed E-state index contributed by atoms with van der Waals surface area (Å²) in [5, 5.41) is 6.82. The maximum Gasteiger partial charge on any atom is 0.250 e. The number of halogens is 1. The van der Waals surface area contributed by atoms with Gasteiger partial charge in [-0.25, -0.2) is 0 Å². The first kappa shape index (κ1) is 25.9. The first-order valence-corrected chi connectivity index (χ1v) is 11.1. The highest BCUT2D eigenvalue weighted by Gasteiger charge is 2.19. The Labute approximate surface area is 193 Å². The quantitative estimate of drug-likeness (QED) is 0.216. The largest absolute Gasteiger partial charge is 0.357 e. The van der Waals surface area contributed by atoms with Crippen LogP contribution in [0, 0.1) is 6.92 Å². The molecule has 2 rings (SSSR count). The minimum Gasteiger partial charge on any atom is -0.357 e. The van der Waals surface area contributed by atoms with Crippen molar-refractivity contribution in [3.05, 3.63) is 34.2 Å². The molecule has 1 saturated heterocycles. The molecule has 0 amide bonds. The van der Waals surface area contributed by atoms with Gasteiger partial charge in [0.2, 0.25) is 0 Å². The molecule has 0 saturated carbocycles. The van der Waals surface area contributed by atoms with Crippen molar-refractivity contribution in [2.45, 2.75) is 71.9 Å². The van der Waals surface area contributed by atoms with Crippen LogP contribution in [0.15, 0.2) is 28.0 Å². The fourth-order valence-corrected chi connectivity index (χ4v) is 3.96. The van der Waals surface area contributed by atoms with E-state index in [2.05, 4.69) is 29.4 Å². The zero-order chi connectivity index (χ0) is 20.2. The summed E-state index contributed by atoms with van der Waals surface area (Å²) in [6.45, 7) is 12.0. The molecular weight excluding hydrogens is 477 g/mol. The molecule has 2 N–H and O–H groups in total. The van der Waals surface area contributed by atoms with Crippen molar-refractivity contribution in [1.82, 2.24) is 20.1 Å².